The fraction of sp³-hybridized carbons (Fsp3) is 0.357. The number of pyridine rings is 1. The fourth-order valence-electron chi connectivity index (χ4n) is 2.71. The normalized spacial score (nSPS) is 30.4. The number of hydrogen-bond acceptors (Lipinski definition) is 4. The van der Waals surface area contributed by atoms with E-state index in [9.17, 15) is 14.7 Å². The van der Waals surface area contributed by atoms with E-state index in [0.717, 1.165) is 5.69 Å². The molecule has 2 aliphatic heterocycles. The van der Waals surface area contributed by atoms with Crippen molar-refractivity contribution in [1.82, 2.24) is 10.3 Å². The predicted molar refractivity (Wildman–Crippen MR) is 68.5 cm³/mol. The van der Waals surface area contributed by atoms with Gasteiger partial charge in [0.2, 0.25) is 5.91 Å². The van der Waals surface area contributed by atoms with Crippen LogP contribution in [0.5, 0.6) is 0 Å². The Labute approximate surface area is 115 Å². The van der Waals surface area contributed by atoms with E-state index in [-0.39, 0.29) is 12.5 Å². The Morgan fingerprint density at radius 2 is 2.00 bits per heavy atom. The van der Waals surface area contributed by atoms with Gasteiger partial charge in [-0.25, -0.2) is 0 Å². The standard InChI is InChI=1S/C14H14N2O4/c17-13(16-7-8-3-1-2-6-15-8)11-9-4-5-10(20-9)12(11)14(18)19/h1-6,9-12H,7H2,(H,16,17)(H,18,19)/t9-,10+,11-,12-/m1/s1. The molecule has 0 aromatic carbocycles. The first-order valence-electron chi connectivity index (χ1n) is 6.41. The molecule has 2 N–H and O–H groups in total. The third-order valence-corrected chi connectivity index (χ3v) is 3.66. The van der Waals surface area contributed by atoms with Gasteiger partial charge in [-0.15, -0.1) is 0 Å². The number of aliphatic carboxylic acids is 1. The summed E-state index contributed by atoms with van der Waals surface area (Å²) < 4.78 is 5.46. The molecule has 1 saturated heterocycles. The van der Waals surface area contributed by atoms with E-state index in [1.54, 1.807) is 30.5 Å². The lowest BCUT2D eigenvalue weighted by molar-refractivity contribution is -0.146. The van der Waals surface area contributed by atoms with Crippen molar-refractivity contribution < 1.29 is 19.4 Å². The third kappa shape index (κ3) is 2.18. The van der Waals surface area contributed by atoms with E-state index in [0.29, 0.717) is 0 Å². The molecule has 1 amide bonds. The molecule has 1 aromatic rings. The van der Waals surface area contributed by atoms with Crippen LogP contribution in [0.4, 0.5) is 0 Å². The van der Waals surface area contributed by atoms with Gasteiger partial charge in [0, 0.05) is 6.20 Å². The van der Waals surface area contributed by atoms with Crippen LogP contribution in [0.1, 0.15) is 5.69 Å². The van der Waals surface area contributed by atoms with Crippen LogP contribution in [-0.4, -0.2) is 34.2 Å². The summed E-state index contributed by atoms with van der Waals surface area (Å²) in [6.07, 6.45) is 4.18. The number of carbonyl (C=O) groups is 2. The highest BCUT2D eigenvalue weighted by Gasteiger charge is 2.53. The molecule has 4 atom stereocenters. The summed E-state index contributed by atoms with van der Waals surface area (Å²) >= 11 is 0. The zero-order valence-corrected chi connectivity index (χ0v) is 10.6. The molecule has 3 heterocycles. The lowest BCUT2D eigenvalue weighted by atomic mass is 9.82. The Hall–Kier alpha value is -2.21. The molecular weight excluding hydrogens is 260 g/mol. The van der Waals surface area contributed by atoms with Crippen molar-refractivity contribution in [1.29, 1.82) is 0 Å². The first-order chi connectivity index (χ1) is 9.66. The number of carboxylic acid groups (broad SMARTS) is 1. The van der Waals surface area contributed by atoms with Gasteiger partial charge in [0.1, 0.15) is 5.92 Å². The van der Waals surface area contributed by atoms with Gasteiger partial charge in [0.15, 0.2) is 0 Å². The zero-order valence-electron chi connectivity index (χ0n) is 10.6. The molecule has 1 aromatic heterocycles. The second-order valence-corrected chi connectivity index (χ2v) is 4.88. The van der Waals surface area contributed by atoms with Crippen molar-refractivity contribution in [2.75, 3.05) is 0 Å². The fourth-order valence-corrected chi connectivity index (χ4v) is 2.71. The van der Waals surface area contributed by atoms with Gasteiger partial charge >= 0.3 is 5.97 Å². The zero-order chi connectivity index (χ0) is 14.1. The van der Waals surface area contributed by atoms with Crippen LogP contribution >= 0.6 is 0 Å². The predicted octanol–water partition coefficient (Wildman–Crippen LogP) is 0.352. The van der Waals surface area contributed by atoms with Gasteiger partial charge in [0.05, 0.1) is 30.4 Å². The maximum absolute atomic E-state index is 12.2. The summed E-state index contributed by atoms with van der Waals surface area (Å²) in [7, 11) is 0. The maximum atomic E-state index is 12.2. The number of aromatic nitrogens is 1. The van der Waals surface area contributed by atoms with E-state index in [4.69, 9.17) is 4.74 Å². The molecule has 6 heteroatoms. The molecular formula is C14H14N2O4. The van der Waals surface area contributed by atoms with Crippen LogP contribution in [0.2, 0.25) is 0 Å². The highest BCUT2D eigenvalue weighted by Crippen LogP contribution is 2.39. The van der Waals surface area contributed by atoms with Crippen molar-refractivity contribution >= 4 is 11.9 Å². The minimum Gasteiger partial charge on any atom is -0.481 e. The number of nitrogens with one attached hydrogen (secondary N) is 1. The Morgan fingerprint density at radius 1 is 1.25 bits per heavy atom. The van der Waals surface area contributed by atoms with Gasteiger partial charge < -0.3 is 15.2 Å². The van der Waals surface area contributed by atoms with Gasteiger partial charge in [-0.2, -0.15) is 0 Å². The highest BCUT2D eigenvalue weighted by molar-refractivity contribution is 5.87. The van der Waals surface area contributed by atoms with Crippen LogP contribution in [-0.2, 0) is 20.9 Å². The van der Waals surface area contributed by atoms with Crippen molar-refractivity contribution in [2.45, 2.75) is 18.8 Å². The Kier molecular flexibility index (Phi) is 3.23. The molecule has 6 nitrogen and oxygen atoms in total. The maximum Gasteiger partial charge on any atom is 0.310 e. The minimum absolute atomic E-state index is 0.281. The minimum atomic E-state index is -1.00. The molecule has 3 rings (SSSR count). The number of rotatable bonds is 4. The smallest absolute Gasteiger partial charge is 0.310 e. The molecule has 0 aliphatic carbocycles. The number of carboxylic acids is 1. The monoisotopic (exact) mass is 274 g/mol. The largest absolute Gasteiger partial charge is 0.481 e. The van der Waals surface area contributed by atoms with Crippen molar-refractivity contribution in [3.63, 3.8) is 0 Å². The Morgan fingerprint density at radius 3 is 2.65 bits per heavy atom. The quantitative estimate of drug-likeness (QED) is 0.773. The summed E-state index contributed by atoms with van der Waals surface area (Å²) in [5, 5.41) is 12.0. The van der Waals surface area contributed by atoms with Crippen LogP contribution in [0.3, 0.4) is 0 Å². The second kappa shape index (κ2) is 5.05. The summed E-state index contributed by atoms with van der Waals surface area (Å²) in [6, 6.07) is 5.42. The van der Waals surface area contributed by atoms with Crippen molar-refractivity contribution in [3.05, 3.63) is 42.2 Å². The lowest BCUT2D eigenvalue weighted by Crippen LogP contribution is -2.42. The molecule has 0 saturated carbocycles. The summed E-state index contributed by atoms with van der Waals surface area (Å²) in [5.74, 6) is -2.79. The number of nitrogens with zero attached hydrogens (tertiary/aromatic N) is 1. The third-order valence-electron chi connectivity index (χ3n) is 3.66. The van der Waals surface area contributed by atoms with E-state index < -0.39 is 30.0 Å². The summed E-state index contributed by atoms with van der Waals surface area (Å²) in [5.41, 5.74) is 0.729. The number of ether oxygens (including phenoxy) is 1. The van der Waals surface area contributed by atoms with Gasteiger partial charge in [-0.05, 0) is 12.1 Å². The van der Waals surface area contributed by atoms with Crippen LogP contribution in [0.15, 0.2) is 36.5 Å². The Bertz CT molecular complexity index is 558. The van der Waals surface area contributed by atoms with E-state index in [1.165, 1.54) is 0 Å². The molecule has 104 valence electrons. The molecule has 0 unspecified atom stereocenters. The second-order valence-electron chi connectivity index (χ2n) is 4.88. The van der Waals surface area contributed by atoms with Crippen LogP contribution in [0.25, 0.3) is 0 Å². The van der Waals surface area contributed by atoms with Gasteiger partial charge in [-0.1, -0.05) is 18.2 Å². The summed E-state index contributed by atoms with van der Waals surface area (Å²) in [4.78, 5) is 27.6. The SMILES string of the molecule is O=C(O)[C@H]1[C@H](C(=O)NCc2ccccn2)[C@H]2C=C[C@@H]1O2. The average Bonchev–Trinajstić information content (AvgIpc) is 3.06. The molecule has 0 spiro atoms. The van der Waals surface area contributed by atoms with Crippen molar-refractivity contribution in [2.24, 2.45) is 11.8 Å². The first kappa shape index (κ1) is 12.8. The molecule has 2 bridgehead atoms. The topological polar surface area (TPSA) is 88.5 Å². The van der Waals surface area contributed by atoms with Gasteiger partial charge in [0.25, 0.3) is 0 Å². The van der Waals surface area contributed by atoms with Crippen LogP contribution < -0.4 is 5.32 Å². The molecule has 2 aliphatic rings. The molecule has 20 heavy (non-hydrogen) atoms. The molecule has 1 fully saturated rings. The Balaban J connectivity index is 1.68. The number of amides is 1. The number of hydrogen-bond donors (Lipinski definition) is 2. The van der Waals surface area contributed by atoms with Crippen LogP contribution in [0, 0.1) is 11.8 Å². The summed E-state index contributed by atoms with van der Waals surface area (Å²) in [6.45, 7) is 0.281. The van der Waals surface area contributed by atoms with E-state index >= 15 is 0 Å². The number of carbonyl (C=O) groups excluding carboxylic acids is 1. The van der Waals surface area contributed by atoms with Gasteiger partial charge in [-0.3, -0.25) is 14.6 Å². The van der Waals surface area contributed by atoms with E-state index in [1.807, 2.05) is 6.07 Å². The highest BCUT2D eigenvalue weighted by atomic mass is 16.5. The van der Waals surface area contributed by atoms with E-state index in [2.05, 4.69) is 10.3 Å². The average molecular weight is 274 g/mol. The first-order valence-corrected chi connectivity index (χ1v) is 6.41. The lowest BCUT2D eigenvalue weighted by Gasteiger charge is -2.20. The number of fused-ring (bicyclic) bond motifs is 2. The molecule has 0 radical (unpaired) electrons. The van der Waals surface area contributed by atoms with Crippen molar-refractivity contribution in [3.8, 4) is 0 Å².